The predicted molar refractivity (Wildman–Crippen MR) is 86.9 cm³/mol. The van der Waals surface area contributed by atoms with Crippen molar-refractivity contribution in [1.29, 1.82) is 0 Å². The van der Waals surface area contributed by atoms with Crippen LogP contribution < -0.4 is 11.1 Å². The van der Waals surface area contributed by atoms with Gasteiger partial charge in [0, 0.05) is 37.2 Å². The molecule has 6 nitrogen and oxygen atoms in total. The second kappa shape index (κ2) is 6.85. The quantitative estimate of drug-likeness (QED) is 0.750. The standard InChI is InChI=1S/C17H17N5O/c18-9-14-11-21-22(12-14)16-4-2-1-3-15(16)17(23)20-10-13-5-7-19-8-6-13/h1-8,11-12H,9-10,18H2,(H,20,23). The molecule has 0 fully saturated rings. The van der Waals surface area contributed by atoms with Gasteiger partial charge < -0.3 is 11.1 Å². The molecule has 0 aliphatic carbocycles. The molecule has 2 aromatic heterocycles. The number of carbonyl (C=O) groups excluding carboxylic acids is 1. The summed E-state index contributed by atoms with van der Waals surface area (Å²) in [6.45, 7) is 0.860. The Bertz CT molecular complexity index is 798. The maximum Gasteiger partial charge on any atom is 0.253 e. The third-order valence-electron chi connectivity index (χ3n) is 3.47. The zero-order valence-electron chi connectivity index (χ0n) is 12.5. The first-order valence-corrected chi connectivity index (χ1v) is 7.28. The van der Waals surface area contributed by atoms with E-state index < -0.39 is 0 Å². The average Bonchev–Trinajstić information content (AvgIpc) is 3.09. The first-order valence-electron chi connectivity index (χ1n) is 7.28. The minimum Gasteiger partial charge on any atom is -0.348 e. The second-order valence-electron chi connectivity index (χ2n) is 5.05. The number of nitrogens with one attached hydrogen (secondary N) is 1. The maximum atomic E-state index is 12.5. The molecular weight excluding hydrogens is 290 g/mol. The van der Waals surface area contributed by atoms with E-state index in [0.717, 1.165) is 16.8 Å². The monoisotopic (exact) mass is 307 g/mol. The van der Waals surface area contributed by atoms with Crippen LogP contribution in [0.15, 0.2) is 61.2 Å². The van der Waals surface area contributed by atoms with Gasteiger partial charge in [-0.3, -0.25) is 9.78 Å². The molecule has 3 N–H and O–H groups in total. The van der Waals surface area contributed by atoms with Gasteiger partial charge in [-0.05, 0) is 29.8 Å². The number of benzene rings is 1. The molecule has 0 unspecified atom stereocenters. The van der Waals surface area contributed by atoms with Gasteiger partial charge in [0.05, 0.1) is 17.4 Å². The SMILES string of the molecule is NCc1cnn(-c2ccccc2C(=O)NCc2ccncc2)c1. The lowest BCUT2D eigenvalue weighted by Crippen LogP contribution is -2.24. The molecule has 0 spiro atoms. The first-order chi connectivity index (χ1) is 11.3. The maximum absolute atomic E-state index is 12.5. The fraction of sp³-hybridized carbons (Fsp3) is 0.118. The molecule has 3 rings (SSSR count). The lowest BCUT2D eigenvalue weighted by atomic mass is 10.1. The highest BCUT2D eigenvalue weighted by Gasteiger charge is 2.12. The highest BCUT2D eigenvalue weighted by Crippen LogP contribution is 2.14. The third-order valence-corrected chi connectivity index (χ3v) is 3.47. The predicted octanol–water partition coefficient (Wildman–Crippen LogP) is 1.66. The molecule has 1 amide bonds. The number of aromatic nitrogens is 3. The van der Waals surface area contributed by atoms with Crippen LogP contribution in [0.2, 0.25) is 0 Å². The van der Waals surface area contributed by atoms with Gasteiger partial charge >= 0.3 is 0 Å². The van der Waals surface area contributed by atoms with E-state index in [0.29, 0.717) is 18.7 Å². The summed E-state index contributed by atoms with van der Waals surface area (Å²) in [6.07, 6.45) is 6.93. The van der Waals surface area contributed by atoms with Crippen LogP contribution in [0.3, 0.4) is 0 Å². The van der Waals surface area contributed by atoms with Crippen molar-refractivity contribution >= 4 is 5.91 Å². The molecule has 116 valence electrons. The van der Waals surface area contributed by atoms with Crippen LogP contribution in [-0.2, 0) is 13.1 Å². The van der Waals surface area contributed by atoms with Gasteiger partial charge in [0.25, 0.3) is 5.91 Å². The fourth-order valence-electron chi connectivity index (χ4n) is 2.24. The summed E-state index contributed by atoms with van der Waals surface area (Å²) < 4.78 is 1.67. The zero-order valence-corrected chi connectivity index (χ0v) is 12.5. The Kier molecular flexibility index (Phi) is 4.44. The zero-order chi connectivity index (χ0) is 16.1. The molecular formula is C17H17N5O. The normalized spacial score (nSPS) is 10.5. The summed E-state index contributed by atoms with van der Waals surface area (Å²) in [6, 6.07) is 11.1. The van der Waals surface area contributed by atoms with Crippen molar-refractivity contribution in [3.63, 3.8) is 0 Å². The van der Waals surface area contributed by atoms with Gasteiger partial charge in [0.2, 0.25) is 0 Å². The van der Waals surface area contributed by atoms with Crippen LogP contribution in [0.1, 0.15) is 21.5 Å². The fourth-order valence-corrected chi connectivity index (χ4v) is 2.24. The molecule has 0 atom stereocenters. The number of amides is 1. The van der Waals surface area contributed by atoms with Crippen molar-refractivity contribution < 1.29 is 4.79 Å². The highest BCUT2D eigenvalue weighted by atomic mass is 16.1. The number of hydrogen-bond acceptors (Lipinski definition) is 4. The van der Waals surface area contributed by atoms with Crippen molar-refractivity contribution in [2.24, 2.45) is 5.73 Å². The number of pyridine rings is 1. The molecule has 6 heteroatoms. The molecule has 3 aromatic rings. The van der Waals surface area contributed by atoms with Crippen LogP contribution in [0, 0.1) is 0 Å². The number of nitrogens with two attached hydrogens (primary N) is 1. The summed E-state index contributed by atoms with van der Waals surface area (Å²) in [7, 11) is 0. The van der Waals surface area contributed by atoms with E-state index in [1.807, 2.05) is 36.5 Å². The smallest absolute Gasteiger partial charge is 0.253 e. The largest absolute Gasteiger partial charge is 0.348 e. The Morgan fingerprint density at radius 2 is 1.91 bits per heavy atom. The van der Waals surface area contributed by atoms with E-state index in [-0.39, 0.29) is 5.91 Å². The minimum absolute atomic E-state index is 0.151. The van der Waals surface area contributed by atoms with E-state index in [1.54, 1.807) is 29.3 Å². The number of para-hydroxylation sites is 1. The van der Waals surface area contributed by atoms with Gasteiger partial charge in [-0.2, -0.15) is 5.10 Å². The second-order valence-corrected chi connectivity index (χ2v) is 5.05. The van der Waals surface area contributed by atoms with E-state index in [9.17, 15) is 4.79 Å². The molecule has 23 heavy (non-hydrogen) atoms. The number of hydrogen-bond donors (Lipinski definition) is 2. The van der Waals surface area contributed by atoms with Crippen LogP contribution in [-0.4, -0.2) is 20.7 Å². The Morgan fingerprint density at radius 1 is 1.13 bits per heavy atom. The summed E-state index contributed by atoms with van der Waals surface area (Å²) in [5, 5.41) is 7.18. The third kappa shape index (κ3) is 3.44. The number of nitrogens with zero attached hydrogens (tertiary/aromatic N) is 3. The molecule has 0 saturated heterocycles. The number of carbonyl (C=O) groups is 1. The van der Waals surface area contributed by atoms with Crippen molar-refractivity contribution in [3.8, 4) is 5.69 Å². The Balaban J connectivity index is 1.80. The van der Waals surface area contributed by atoms with Gasteiger partial charge in [-0.15, -0.1) is 0 Å². The van der Waals surface area contributed by atoms with Gasteiger partial charge in [0.15, 0.2) is 0 Å². The Labute approximate surface area is 134 Å². The van der Waals surface area contributed by atoms with Crippen LogP contribution in [0.5, 0.6) is 0 Å². The minimum atomic E-state index is -0.151. The molecule has 0 aliphatic rings. The molecule has 0 saturated carbocycles. The summed E-state index contributed by atoms with van der Waals surface area (Å²) in [5.74, 6) is -0.151. The molecule has 0 radical (unpaired) electrons. The van der Waals surface area contributed by atoms with Gasteiger partial charge in [-0.1, -0.05) is 12.1 Å². The van der Waals surface area contributed by atoms with E-state index >= 15 is 0 Å². The molecule has 1 aromatic carbocycles. The molecule has 0 bridgehead atoms. The van der Waals surface area contributed by atoms with E-state index in [4.69, 9.17) is 5.73 Å². The summed E-state index contributed by atoms with van der Waals surface area (Å²) >= 11 is 0. The lowest BCUT2D eigenvalue weighted by Gasteiger charge is -2.10. The molecule has 0 aliphatic heterocycles. The van der Waals surface area contributed by atoms with Crippen molar-refractivity contribution in [3.05, 3.63) is 77.9 Å². The molecule has 2 heterocycles. The van der Waals surface area contributed by atoms with E-state index in [1.165, 1.54) is 0 Å². The lowest BCUT2D eigenvalue weighted by molar-refractivity contribution is 0.0950. The van der Waals surface area contributed by atoms with Crippen molar-refractivity contribution in [1.82, 2.24) is 20.1 Å². The number of rotatable bonds is 5. The van der Waals surface area contributed by atoms with Gasteiger partial charge in [-0.25, -0.2) is 4.68 Å². The Hall–Kier alpha value is -2.99. The van der Waals surface area contributed by atoms with Crippen molar-refractivity contribution in [2.45, 2.75) is 13.1 Å². The average molecular weight is 307 g/mol. The van der Waals surface area contributed by atoms with Crippen LogP contribution >= 0.6 is 0 Å². The van der Waals surface area contributed by atoms with Gasteiger partial charge in [0.1, 0.15) is 0 Å². The Morgan fingerprint density at radius 3 is 2.65 bits per heavy atom. The summed E-state index contributed by atoms with van der Waals surface area (Å²) in [4.78, 5) is 16.5. The summed E-state index contributed by atoms with van der Waals surface area (Å²) in [5.41, 5.74) is 8.81. The van der Waals surface area contributed by atoms with Crippen LogP contribution in [0.4, 0.5) is 0 Å². The van der Waals surface area contributed by atoms with E-state index in [2.05, 4.69) is 15.4 Å². The van der Waals surface area contributed by atoms with Crippen molar-refractivity contribution in [2.75, 3.05) is 0 Å². The first kappa shape index (κ1) is 14.9. The van der Waals surface area contributed by atoms with Crippen LogP contribution in [0.25, 0.3) is 5.69 Å². The topological polar surface area (TPSA) is 85.8 Å². The highest BCUT2D eigenvalue weighted by molar-refractivity contribution is 5.97.